The molecule has 0 aromatic heterocycles. The average Bonchev–Trinajstić information content (AvgIpc) is 2.61. The fourth-order valence-corrected chi connectivity index (χ4v) is 4.29. The molecule has 0 spiro atoms. The lowest BCUT2D eigenvalue weighted by molar-refractivity contribution is -0.131. The second-order valence-corrected chi connectivity index (χ2v) is 7.71. The molecule has 0 radical (unpaired) electrons. The van der Waals surface area contributed by atoms with Crippen LogP contribution in [0.25, 0.3) is 10.8 Å². The molecule has 3 aliphatic rings. The van der Waals surface area contributed by atoms with Gasteiger partial charge in [-0.15, -0.1) is 0 Å². The number of esters is 1. The summed E-state index contributed by atoms with van der Waals surface area (Å²) in [6, 6.07) is 13.9. The molecule has 0 heterocycles. The van der Waals surface area contributed by atoms with Crippen LogP contribution >= 0.6 is 0 Å². The van der Waals surface area contributed by atoms with Crippen molar-refractivity contribution in [2.45, 2.75) is 27.2 Å². The van der Waals surface area contributed by atoms with E-state index in [9.17, 15) is 4.79 Å². The Labute approximate surface area is 149 Å². The molecule has 0 N–H and O–H groups in total. The quantitative estimate of drug-likeness (QED) is 0.419. The van der Waals surface area contributed by atoms with Crippen LogP contribution in [0.1, 0.15) is 27.2 Å². The van der Waals surface area contributed by atoms with Crippen LogP contribution in [0.2, 0.25) is 0 Å². The molecule has 0 fully saturated rings. The van der Waals surface area contributed by atoms with Gasteiger partial charge in [0, 0.05) is 11.5 Å². The molecule has 2 aromatic rings. The minimum absolute atomic E-state index is 0.193. The Hall–Kier alpha value is -2.35. The number of rotatable bonds is 3. The SMILES string of the molecule is CC1=C[C@@H]2C(C(=O)Oc3ccc4ccccc4c3)=C[C@H]1CC2C(C)C. The first kappa shape index (κ1) is 16.1. The predicted octanol–water partition coefficient (Wildman–Crippen LogP) is 5.54. The van der Waals surface area contributed by atoms with Gasteiger partial charge in [-0.1, -0.05) is 61.9 Å². The predicted molar refractivity (Wildman–Crippen MR) is 101 cm³/mol. The summed E-state index contributed by atoms with van der Waals surface area (Å²) in [6.07, 6.45) is 5.58. The van der Waals surface area contributed by atoms with E-state index in [0.717, 1.165) is 22.8 Å². The zero-order valence-electron chi connectivity index (χ0n) is 15.0. The first-order chi connectivity index (χ1) is 12.0. The van der Waals surface area contributed by atoms with E-state index in [1.54, 1.807) is 0 Å². The summed E-state index contributed by atoms with van der Waals surface area (Å²) < 4.78 is 5.74. The number of allylic oxidation sites excluding steroid dienone is 3. The van der Waals surface area contributed by atoms with E-state index in [0.29, 0.717) is 23.5 Å². The van der Waals surface area contributed by atoms with Crippen LogP contribution in [0.5, 0.6) is 5.75 Å². The summed E-state index contributed by atoms with van der Waals surface area (Å²) in [5, 5.41) is 2.24. The molecule has 1 unspecified atom stereocenters. The Morgan fingerprint density at radius 2 is 1.84 bits per heavy atom. The number of benzene rings is 2. The maximum Gasteiger partial charge on any atom is 0.339 e. The molecule has 2 nitrogen and oxygen atoms in total. The topological polar surface area (TPSA) is 26.3 Å². The maximum atomic E-state index is 12.8. The van der Waals surface area contributed by atoms with Crippen molar-refractivity contribution in [1.29, 1.82) is 0 Å². The number of fused-ring (bicyclic) bond motifs is 2. The van der Waals surface area contributed by atoms with Crippen LogP contribution < -0.4 is 4.74 Å². The van der Waals surface area contributed by atoms with E-state index in [2.05, 4.69) is 39.0 Å². The monoisotopic (exact) mass is 332 g/mol. The molecular formula is C23H24O2. The van der Waals surface area contributed by atoms with Crippen molar-refractivity contribution in [3.05, 3.63) is 65.8 Å². The first-order valence-electron chi connectivity index (χ1n) is 9.14. The van der Waals surface area contributed by atoms with Gasteiger partial charge in [0.1, 0.15) is 5.75 Å². The van der Waals surface area contributed by atoms with Crippen LogP contribution in [-0.4, -0.2) is 5.97 Å². The van der Waals surface area contributed by atoms with Gasteiger partial charge in [-0.25, -0.2) is 4.79 Å². The van der Waals surface area contributed by atoms with Crippen molar-refractivity contribution in [1.82, 2.24) is 0 Å². The van der Waals surface area contributed by atoms with E-state index < -0.39 is 0 Å². The van der Waals surface area contributed by atoms with Gasteiger partial charge >= 0.3 is 5.97 Å². The number of ether oxygens (including phenoxy) is 1. The highest BCUT2D eigenvalue weighted by Crippen LogP contribution is 2.46. The van der Waals surface area contributed by atoms with Gasteiger partial charge in [-0.05, 0) is 54.0 Å². The van der Waals surface area contributed by atoms with Crippen LogP contribution in [0.15, 0.2) is 65.8 Å². The van der Waals surface area contributed by atoms with Crippen molar-refractivity contribution >= 4 is 16.7 Å². The van der Waals surface area contributed by atoms with Crippen LogP contribution in [0, 0.1) is 23.7 Å². The third kappa shape index (κ3) is 2.90. The van der Waals surface area contributed by atoms with Gasteiger partial charge in [-0.2, -0.15) is 0 Å². The Morgan fingerprint density at radius 3 is 2.56 bits per heavy atom. The summed E-state index contributed by atoms with van der Waals surface area (Å²) in [7, 11) is 0. The Bertz CT molecular complexity index is 888. The lowest BCUT2D eigenvalue weighted by Gasteiger charge is -2.41. The first-order valence-corrected chi connectivity index (χ1v) is 9.14. The summed E-state index contributed by atoms with van der Waals surface area (Å²) >= 11 is 0. The highest BCUT2D eigenvalue weighted by atomic mass is 16.5. The summed E-state index contributed by atoms with van der Waals surface area (Å²) in [4.78, 5) is 12.8. The van der Waals surface area contributed by atoms with Crippen molar-refractivity contribution in [3.8, 4) is 5.75 Å². The maximum absolute atomic E-state index is 12.8. The molecule has 2 heteroatoms. The molecule has 0 amide bonds. The lowest BCUT2D eigenvalue weighted by Crippen LogP contribution is -2.36. The van der Waals surface area contributed by atoms with Gasteiger partial charge in [-0.3, -0.25) is 0 Å². The molecule has 0 saturated heterocycles. The van der Waals surface area contributed by atoms with E-state index in [1.165, 1.54) is 5.57 Å². The fraction of sp³-hybridized carbons (Fsp3) is 0.348. The van der Waals surface area contributed by atoms with Gasteiger partial charge in [0.2, 0.25) is 0 Å². The van der Waals surface area contributed by atoms with Crippen molar-refractivity contribution < 1.29 is 9.53 Å². The summed E-state index contributed by atoms with van der Waals surface area (Å²) in [5.74, 6) is 2.09. The zero-order chi connectivity index (χ0) is 17.6. The van der Waals surface area contributed by atoms with Gasteiger partial charge in [0.05, 0.1) is 0 Å². The van der Waals surface area contributed by atoms with E-state index in [1.807, 2.05) is 36.4 Å². The molecule has 5 rings (SSSR count). The highest BCUT2D eigenvalue weighted by Gasteiger charge is 2.40. The third-order valence-electron chi connectivity index (χ3n) is 5.78. The Morgan fingerprint density at radius 1 is 1.08 bits per heavy atom. The Balaban J connectivity index is 1.59. The summed E-state index contributed by atoms with van der Waals surface area (Å²) in [6.45, 7) is 6.68. The van der Waals surface area contributed by atoms with Gasteiger partial charge < -0.3 is 4.74 Å². The lowest BCUT2D eigenvalue weighted by atomic mass is 9.63. The number of hydrogen-bond acceptors (Lipinski definition) is 2. The highest BCUT2D eigenvalue weighted by molar-refractivity contribution is 5.93. The zero-order valence-corrected chi connectivity index (χ0v) is 15.0. The van der Waals surface area contributed by atoms with Gasteiger partial charge in [0.15, 0.2) is 0 Å². The second-order valence-electron chi connectivity index (χ2n) is 7.71. The van der Waals surface area contributed by atoms with Crippen LogP contribution in [0.4, 0.5) is 0 Å². The second kappa shape index (κ2) is 6.18. The number of carbonyl (C=O) groups excluding carboxylic acids is 1. The van der Waals surface area contributed by atoms with E-state index in [4.69, 9.17) is 4.74 Å². The molecule has 25 heavy (non-hydrogen) atoms. The van der Waals surface area contributed by atoms with Gasteiger partial charge in [0.25, 0.3) is 0 Å². The minimum atomic E-state index is -0.195. The fourth-order valence-electron chi connectivity index (χ4n) is 4.29. The van der Waals surface area contributed by atoms with Crippen molar-refractivity contribution in [2.75, 3.05) is 0 Å². The Kier molecular flexibility index (Phi) is 3.99. The molecule has 0 saturated carbocycles. The summed E-state index contributed by atoms with van der Waals surface area (Å²) in [5.41, 5.74) is 2.23. The van der Waals surface area contributed by atoms with E-state index in [-0.39, 0.29) is 11.9 Å². The largest absolute Gasteiger partial charge is 0.423 e. The average molecular weight is 332 g/mol. The molecule has 0 aliphatic heterocycles. The molecule has 2 bridgehead atoms. The number of hydrogen-bond donors (Lipinski definition) is 0. The van der Waals surface area contributed by atoms with Crippen molar-refractivity contribution in [3.63, 3.8) is 0 Å². The van der Waals surface area contributed by atoms with Crippen LogP contribution in [0.3, 0.4) is 0 Å². The molecule has 2 aromatic carbocycles. The van der Waals surface area contributed by atoms with Crippen LogP contribution in [-0.2, 0) is 4.79 Å². The molecule has 128 valence electrons. The molecular weight excluding hydrogens is 308 g/mol. The normalized spacial score (nSPS) is 25.0. The minimum Gasteiger partial charge on any atom is -0.423 e. The number of carbonyl (C=O) groups is 1. The van der Waals surface area contributed by atoms with Crippen molar-refractivity contribution in [2.24, 2.45) is 23.7 Å². The third-order valence-corrected chi connectivity index (χ3v) is 5.78. The van der Waals surface area contributed by atoms with E-state index >= 15 is 0 Å². The smallest absolute Gasteiger partial charge is 0.339 e. The molecule has 3 aliphatic carbocycles. The standard InChI is InChI=1S/C23H24O2/c1-14(2)20-12-18-13-22(21(20)10-15(18)3)23(24)25-19-9-8-16-6-4-5-7-17(16)11-19/h4-11,13-14,18,20-21H,12H2,1-3H3/t18-,20?,21+/m1/s1. The molecule has 3 atom stereocenters.